The van der Waals surface area contributed by atoms with E-state index in [0.29, 0.717) is 6.10 Å². The lowest BCUT2D eigenvalue weighted by molar-refractivity contribution is 0.0440. The minimum absolute atomic E-state index is 0.00254. The molecular formula is C14H22N2O2. The van der Waals surface area contributed by atoms with E-state index in [1.807, 2.05) is 12.1 Å². The van der Waals surface area contributed by atoms with E-state index in [-0.39, 0.29) is 6.61 Å². The van der Waals surface area contributed by atoms with Crippen LogP contribution in [-0.2, 0) is 11.3 Å². The highest BCUT2D eigenvalue weighted by Crippen LogP contribution is 2.21. The molecule has 0 saturated carbocycles. The molecule has 0 radical (unpaired) electrons. The molecule has 0 amide bonds. The predicted molar refractivity (Wildman–Crippen MR) is 71.6 cm³/mol. The third-order valence-electron chi connectivity index (χ3n) is 3.26. The van der Waals surface area contributed by atoms with Gasteiger partial charge in [0.2, 0.25) is 0 Å². The van der Waals surface area contributed by atoms with Crippen molar-refractivity contribution in [1.82, 2.24) is 4.98 Å². The maximum atomic E-state index is 9.12. The van der Waals surface area contributed by atoms with Gasteiger partial charge in [-0.25, -0.2) is 0 Å². The Labute approximate surface area is 109 Å². The smallest absolute Gasteiger partial charge is 0.0853 e. The second kappa shape index (κ2) is 6.71. The zero-order chi connectivity index (χ0) is 12.8. The summed E-state index contributed by atoms with van der Waals surface area (Å²) in [6, 6.07) is 3.96. The van der Waals surface area contributed by atoms with Crippen molar-refractivity contribution in [3.8, 4) is 0 Å². The molecule has 1 aromatic rings. The van der Waals surface area contributed by atoms with Crippen LogP contribution in [-0.4, -0.2) is 35.9 Å². The van der Waals surface area contributed by atoms with Gasteiger partial charge in [0.1, 0.15) is 0 Å². The number of pyridine rings is 1. The van der Waals surface area contributed by atoms with Gasteiger partial charge in [-0.3, -0.25) is 4.98 Å². The van der Waals surface area contributed by atoms with Crippen LogP contribution in [0.25, 0.3) is 0 Å². The van der Waals surface area contributed by atoms with Gasteiger partial charge in [0.05, 0.1) is 18.4 Å². The number of hydrogen-bond donors (Lipinski definition) is 1. The van der Waals surface area contributed by atoms with E-state index in [9.17, 15) is 0 Å². The van der Waals surface area contributed by atoms with Gasteiger partial charge < -0.3 is 14.7 Å². The summed E-state index contributed by atoms with van der Waals surface area (Å²) in [5.41, 5.74) is 1.86. The first-order valence-corrected chi connectivity index (χ1v) is 6.75. The Kier molecular flexibility index (Phi) is 4.96. The third kappa shape index (κ3) is 3.43. The van der Waals surface area contributed by atoms with E-state index in [0.717, 1.165) is 50.3 Å². The second-order valence-corrected chi connectivity index (χ2v) is 4.74. The molecule has 18 heavy (non-hydrogen) atoms. The van der Waals surface area contributed by atoms with E-state index >= 15 is 0 Å². The lowest BCUT2D eigenvalue weighted by Gasteiger charge is -2.34. The lowest BCUT2D eigenvalue weighted by atomic mass is 10.1. The summed E-state index contributed by atoms with van der Waals surface area (Å²) < 4.78 is 5.83. The van der Waals surface area contributed by atoms with Crippen LogP contribution in [0.15, 0.2) is 18.3 Å². The summed E-state index contributed by atoms with van der Waals surface area (Å²) in [5, 5.41) is 9.12. The van der Waals surface area contributed by atoms with E-state index in [1.54, 1.807) is 6.20 Å². The van der Waals surface area contributed by atoms with E-state index in [2.05, 4.69) is 16.8 Å². The fraction of sp³-hybridized carbons (Fsp3) is 0.643. The monoisotopic (exact) mass is 250 g/mol. The number of hydrogen-bond acceptors (Lipinski definition) is 4. The highest BCUT2D eigenvalue weighted by atomic mass is 16.5. The normalized spacial score (nSPS) is 20.1. The predicted octanol–water partition coefficient (Wildman–Crippen LogP) is 1.97. The molecule has 100 valence electrons. The highest BCUT2D eigenvalue weighted by molar-refractivity contribution is 5.47. The van der Waals surface area contributed by atoms with Crippen LogP contribution in [0, 0.1) is 0 Å². The molecule has 1 aliphatic rings. The standard InChI is InChI=1S/C14H22N2O2/c1-2-8-18-14-4-3-7-16(10-14)13-5-6-15-12(9-13)11-17/h5-6,9,14,17H,2-4,7-8,10-11H2,1H3. The number of rotatable bonds is 5. The van der Waals surface area contributed by atoms with Crippen molar-refractivity contribution in [2.24, 2.45) is 0 Å². The van der Waals surface area contributed by atoms with Crippen LogP contribution in [0.1, 0.15) is 31.9 Å². The van der Waals surface area contributed by atoms with Crippen LogP contribution in [0.3, 0.4) is 0 Å². The van der Waals surface area contributed by atoms with E-state index in [4.69, 9.17) is 9.84 Å². The summed E-state index contributed by atoms with van der Waals surface area (Å²) >= 11 is 0. The van der Waals surface area contributed by atoms with Crippen molar-refractivity contribution >= 4 is 5.69 Å². The molecule has 1 unspecified atom stereocenters. The fourth-order valence-electron chi connectivity index (χ4n) is 2.34. The quantitative estimate of drug-likeness (QED) is 0.868. The van der Waals surface area contributed by atoms with E-state index < -0.39 is 0 Å². The molecule has 1 N–H and O–H groups in total. The Balaban J connectivity index is 1.98. The van der Waals surface area contributed by atoms with Crippen molar-refractivity contribution in [2.45, 2.75) is 38.9 Å². The average Bonchev–Trinajstić information content (AvgIpc) is 2.45. The van der Waals surface area contributed by atoms with Crippen LogP contribution < -0.4 is 4.90 Å². The number of aliphatic hydroxyl groups is 1. The molecule has 0 aromatic carbocycles. The molecule has 4 heteroatoms. The molecule has 0 bridgehead atoms. The first-order chi connectivity index (χ1) is 8.83. The Morgan fingerprint density at radius 1 is 1.56 bits per heavy atom. The topological polar surface area (TPSA) is 45.6 Å². The number of aromatic nitrogens is 1. The minimum atomic E-state index is -0.00254. The molecule has 2 rings (SSSR count). The zero-order valence-corrected chi connectivity index (χ0v) is 11.0. The van der Waals surface area contributed by atoms with Crippen molar-refractivity contribution in [3.05, 3.63) is 24.0 Å². The molecule has 4 nitrogen and oxygen atoms in total. The molecule has 1 aliphatic heterocycles. The maximum Gasteiger partial charge on any atom is 0.0853 e. The first-order valence-electron chi connectivity index (χ1n) is 6.75. The number of piperidine rings is 1. The SMILES string of the molecule is CCCOC1CCCN(c2ccnc(CO)c2)C1. The van der Waals surface area contributed by atoms with Gasteiger partial charge in [0, 0.05) is 31.6 Å². The van der Waals surface area contributed by atoms with E-state index in [1.165, 1.54) is 0 Å². The van der Waals surface area contributed by atoms with Crippen LogP contribution in [0.5, 0.6) is 0 Å². The molecule has 1 fully saturated rings. The third-order valence-corrected chi connectivity index (χ3v) is 3.26. The van der Waals surface area contributed by atoms with Crippen LogP contribution >= 0.6 is 0 Å². The molecule has 2 heterocycles. The van der Waals surface area contributed by atoms with Gasteiger partial charge in [0.25, 0.3) is 0 Å². The summed E-state index contributed by atoms with van der Waals surface area (Å²) in [4.78, 5) is 6.44. The lowest BCUT2D eigenvalue weighted by Crippen LogP contribution is -2.39. The van der Waals surface area contributed by atoms with Gasteiger partial charge in [-0.15, -0.1) is 0 Å². The van der Waals surface area contributed by atoms with Crippen LogP contribution in [0.2, 0.25) is 0 Å². The van der Waals surface area contributed by atoms with Crippen molar-refractivity contribution in [2.75, 3.05) is 24.6 Å². The summed E-state index contributed by atoms with van der Waals surface area (Å²) in [7, 11) is 0. The highest BCUT2D eigenvalue weighted by Gasteiger charge is 2.20. The summed E-state index contributed by atoms with van der Waals surface area (Å²) in [5.74, 6) is 0. The average molecular weight is 250 g/mol. The Morgan fingerprint density at radius 2 is 2.44 bits per heavy atom. The molecule has 0 aliphatic carbocycles. The van der Waals surface area contributed by atoms with Crippen molar-refractivity contribution in [1.29, 1.82) is 0 Å². The molecule has 1 aromatic heterocycles. The first kappa shape index (κ1) is 13.3. The number of aliphatic hydroxyl groups excluding tert-OH is 1. The van der Waals surface area contributed by atoms with Crippen LogP contribution in [0.4, 0.5) is 5.69 Å². The fourth-order valence-corrected chi connectivity index (χ4v) is 2.34. The van der Waals surface area contributed by atoms with Gasteiger partial charge in [-0.1, -0.05) is 6.92 Å². The largest absolute Gasteiger partial charge is 0.390 e. The van der Waals surface area contributed by atoms with Gasteiger partial charge in [-0.05, 0) is 31.4 Å². The summed E-state index contributed by atoms with van der Waals surface area (Å²) in [6.45, 7) is 4.97. The van der Waals surface area contributed by atoms with Crippen molar-refractivity contribution in [3.63, 3.8) is 0 Å². The molecule has 0 spiro atoms. The van der Waals surface area contributed by atoms with Crippen molar-refractivity contribution < 1.29 is 9.84 Å². The zero-order valence-electron chi connectivity index (χ0n) is 11.0. The second-order valence-electron chi connectivity index (χ2n) is 4.74. The number of nitrogens with zero attached hydrogens (tertiary/aromatic N) is 2. The molecule has 1 saturated heterocycles. The maximum absolute atomic E-state index is 9.12. The van der Waals surface area contributed by atoms with Gasteiger partial charge >= 0.3 is 0 Å². The van der Waals surface area contributed by atoms with Gasteiger partial charge in [0.15, 0.2) is 0 Å². The number of ether oxygens (including phenoxy) is 1. The Hall–Kier alpha value is -1.13. The number of anilines is 1. The molecule has 1 atom stereocenters. The molecular weight excluding hydrogens is 228 g/mol. The Morgan fingerprint density at radius 3 is 3.22 bits per heavy atom. The van der Waals surface area contributed by atoms with Gasteiger partial charge in [-0.2, -0.15) is 0 Å². The summed E-state index contributed by atoms with van der Waals surface area (Å²) in [6.07, 6.45) is 5.47. The Bertz CT molecular complexity index is 371. The minimum Gasteiger partial charge on any atom is -0.390 e.